The molecule has 14 nitrogen and oxygen atoms in total. The zero-order valence-corrected chi connectivity index (χ0v) is 20.1. The normalized spacial score (nSPS) is 13.9. The number of hydrogen-bond acceptors (Lipinski definition) is 9. The number of hydrogen-bond donors (Lipinski definition) is 9. The third kappa shape index (κ3) is 10.6. The van der Waals surface area contributed by atoms with Crippen LogP contribution in [-0.2, 0) is 35.2 Å². The largest absolute Gasteiger partial charge is 0.508 e. The van der Waals surface area contributed by atoms with Gasteiger partial charge in [-0.2, -0.15) is 12.6 Å². The monoisotopic (exact) mass is 526 g/mol. The van der Waals surface area contributed by atoms with Gasteiger partial charge in [0.05, 0.1) is 12.5 Å². The van der Waals surface area contributed by atoms with Crippen LogP contribution in [0.15, 0.2) is 24.3 Å². The summed E-state index contributed by atoms with van der Waals surface area (Å²) in [7, 11) is 0. The summed E-state index contributed by atoms with van der Waals surface area (Å²) in [5.74, 6) is -5.85. The number of phenols is 1. The second-order valence-electron chi connectivity index (χ2n) is 7.86. The highest BCUT2D eigenvalue weighted by Gasteiger charge is 2.30. The molecule has 0 aliphatic rings. The molecule has 11 N–H and O–H groups in total. The molecule has 0 radical (unpaired) electrons. The summed E-state index contributed by atoms with van der Waals surface area (Å²) in [6, 6.07) is 0.325. The standard InChI is InChI=1S/C21H30N6O8S/c22-12(8-17(24)30)18(31)25-13(5-6-16(23)29)19(32)27-15(9-36)20(33)26-14(21(34)35)7-10-1-3-11(28)4-2-10/h1-4,12-15,28,36H,5-9,22H2,(H2,23,29)(H2,24,30)(H,25,31)(H,26,33)(H,27,32)(H,34,35). The number of thiol groups is 1. The molecule has 5 amide bonds. The minimum absolute atomic E-state index is 0.0129. The summed E-state index contributed by atoms with van der Waals surface area (Å²) in [5, 5.41) is 25.8. The van der Waals surface area contributed by atoms with Gasteiger partial charge in [-0.1, -0.05) is 12.1 Å². The van der Waals surface area contributed by atoms with Gasteiger partial charge in [0, 0.05) is 18.6 Å². The lowest BCUT2D eigenvalue weighted by Gasteiger charge is -2.24. The summed E-state index contributed by atoms with van der Waals surface area (Å²) >= 11 is 4.02. The fraction of sp³-hybridized carbons (Fsp3) is 0.429. The second kappa shape index (κ2) is 14.5. The Bertz CT molecular complexity index is 974. The smallest absolute Gasteiger partial charge is 0.326 e. The van der Waals surface area contributed by atoms with Crippen LogP contribution in [0, 0.1) is 0 Å². The molecule has 0 aliphatic carbocycles. The van der Waals surface area contributed by atoms with Crippen LogP contribution in [0.2, 0.25) is 0 Å². The van der Waals surface area contributed by atoms with Gasteiger partial charge in [-0.15, -0.1) is 0 Å². The first-order valence-electron chi connectivity index (χ1n) is 10.7. The average molecular weight is 527 g/mol. The number of carbonyl (C=O) groups is 6. The lowest BCUT2D eigenvalue weighted by Crippen LogP contribution is -2.58. The van der Waals surface area contributed by atoms with Crippen LogP contribution in [-0.4, -0.2) is 75.6 Å². The van der Waals surface area contributed by atoms with E-state index in [4.69, 9.17) is 17.2 Å². The van der Waals surface area contributed by atoms with E-state index in [1.165, 1.54) is 24.3 Å². The lowest BCUT2D eigenvalue weighted by atomic mass is 10.1. The van der Waals surface area contributed by atoms with E-state index in [0.29, 0.717) is 5.56 Å². The topological polar surface area (TPSA) is 257 Å². The lowest BCUT2D eigenvalue weighted by molar-refractivity contribution is -0.142. The molecule has 0 spiro atoms. The van der Waals surface area contributed by atoms with Crippen molar-refractivity contribution in [1.29, 1.82) is 0 Å². The van der Waals surface area contributed by atoms with Gasteiger partial charge in [-0.3, -0.25) is 24.0 Å². The number of phenolic OH excluding ortho intramolecular Hbond substituents is 1. The molecule has 1 aromatic rings. The number of amides is 5. The van der Waals surface area contributed by atoms with Gasteiger partial charge < -0.3 is 43.4 Å². The molecule has 4 atom stereocenters. The molecular formula is C21H30N6O8S. The van der Waals surface area contributed by atoms with E-state index in [2.05, 4.69) is 28.6 Å². The van der Waals surface area contributed by atoms with Crippen LogP contribution in [0.3, 0.4) is 0 Å². The van der Waals surface area contributed by atoms with E-state index in [0.717, 1.165) is 0 Å². The van der Waals surface area contributed by atoms with Crippen molar-refractivity contribution in [1.82, 2.24) is 16.0 Å². The van der Waals surface area contributed by atoms with E-state index in [1.54, 1.807) is 0 Å². The van der Waals surface area contributed by atoms with Crippen LogP contribution < -0.4 is 33.2 Å². The third-order valence-electron chi connectivity index (χ3n) is 4.88. The molecule has 15 heteroatoms. The number of carboxylic acid groups (broad SMARTS) is 1. The number of carboxylic acids is 1. The number of rotatable bonds is 15. The number of aliphatic carboxylic acids is 1. The Hall–Kier alpha value is -3.85. The van der Waals surface area contributed by atoms with Crippen LogP contribution in [0.25, 0.3) is 0 Å². The first-order chi connectivity index (χ1) is 16.8. The van der Waals surface area contributed by atoms with Crippen molar-refractivity contribution in [2.75, 3.05) is 5.75 Å². The molecule has 1 aromatic carbocycles. The van der Waals surface area contributed by atoms with Crippen molar-refractivity contribution in [2.24, 2.45) is 17.2 Å². The van der Waals surface area contributed by atoms with E-state index in [1.807, 2.05) is 0 Å². The van der Waals surface area contributed by atoms with Gasteiger partial charge in [0.15, 0.2) is 0 Å². The fourth-order valence-corrected chi connectivity index (χ4v) is 3.21. The van der Waals surface area contributed by atoms with Crippen LogP contribution in [0.4, 0.5) is 0 Å². The van der Waals surface area contributed by atoms with Gasteiger partial charge in [-0.05, 0) is 24.1 Å². The average Bonchev–Trinajstić information content (AvgIpc) is 2.79. The highest BCUT2D eigenvalue weighted by molar-refractivity contribution is 7.80. The summed E-state index contributed by atoms with van der Waals surface area (Å²) < 4.78 is 0. The fourth-order valence-electron chi connectivity index (χ4n) is 2.95. The number of nitrogens with one attached hydrogen (secondary N) is 3. The van der Waals surface area contributed by atoms with Gasteiger partial charge in [0.1, 0.15) is 23.9 Å². The van der Waals surface area contributed by atoms with Crippen molar-refractivity contribution in [3.63, 3.8) is 0 Å². The minimum Gasteiger partial charge on any atom is -0.508 e. The van der Waals surface area contributed by atoms with Crippen LogP contribution >= 0.6 is 12.6 Å². The number of nitrogens with two attached hydrogens (primary N) is 3. The molecule has 36 heavy (non-hydrogen) atoms. The Morgan fingerprint density at radius 1 is 0.833 bits per heavy atom. The molecule has 0 aliphatic heterocycles. The zero-order valence-electron chi connectivity index (χ0n) is 19.2. The second-order valence-corrected chi connectivity index (χ2v) is 8.22. The van der Waals surface area contributed by atoms with Crippen molar-refractivity contribution < 1.29 is 39.0 Å². The summed E-state index contributed by atoms with van der Waals surface area (Å²) in [4.78, 5) is 71.5. The maximum atomic E-state index is 12.8. The van der Waals surface area contributed by atoms with Gasteiger partial charge >= 0.3 is 5.97 Å². The quantitative estimate of drug-likeness (QED) is 0.105. The minimum atomic E-state index is -1.36. The highest BCUT2D eigenvalue weighted by atomic mass is 32.1. The Kier molecular flexibility index (Phi) is 12.2. The summed E-state index contributed by atoms with van der Waals surface area (Å²) in [6.07, 6.45) is -1.14. The molecule has 0 bridgehead atoms. The predicted molar refractivity (Wildman–Crippen MR) is 129 cm³/mol. The molecule has 0 saturated carbocycles. The maximum absolute atomic E-state index is 12.8. The summed E-state index contributed by atoms with van der Waals surface area (Å²) in [6.45, 7) is 0. The molecular weight excluding hydrogens is 496 g/mol. The Morgan fingerprint density at radius 3 is 1.86 bits per heavy atom. The number of benzene rings is 1. The van der Waals surface area contributed by atoms with Crippen molar-refractivity contribution in [3.05, 3.63) is 29.8 Å². The first kappa shape index (κ1) is 30.2. The molecule has 0 aromatic heterocycles. The molecule has 1 rings (SSSR count). The molecule has 198 valence electrons. The Labute approximate surface area is 211 Å². The summed E-state index contributed by atoms with van der Waals surface area (Å²) in [5.41, 5.74) is 16.2. The Morgan fingerprint density at radius 2 is 1.36 bits per heavy atom. The molecule has 4 unspecified atom stereocenters. The third-order valence-corrected chi connectivity index (χ3v) is 5.24. The van der Waals surface area contributed by atoms with Crippen molar-refractivity contribution >= 4 is 48.1 Å². The van der Waals surface area contributed by atoms with E-state index in [9.17, 15) is 39.0 Å². The van der Waals surface area contributed by atoms with Gasteiger partial charge in [0.25, 0.3) is 0 Å². The first-order valence-corrected chi connectivity index (χ1v) is 11.3. The highest BCUT2D eigenvalue weighted by Crippen LogP contribution is 2.12. The van der Waals surface area contributed by atoms with E-state index >= 15 is 0 Å². The van der Waals surface area contributed by atoms with E-state index < -0.39 is 66.1 Å². The number of primary amides is 2. The number of aromatic hydroxyl groups is 1. The van der Waals surface area contributed by atoms with Crippen LogP contribution in [0.5, 0.6) is 5.75 Å². The molecule has 0 saturated heterocycles. The predicted octanol–water partition coefficient (Wildman–Crippen LogP) is -3.13. The zero-order chi connectivity index (χ0) is 27.4. The van der Waals surface area contributed by atoms with Gasteiger partial charge in [0.2, 0.25) is 29.5 Å². The van der Waals surface area contributed by atoms with Crippen molar-refractivity contribution in [2.45, 2.75) is 49.9 Å². The molecule has 0 fully saturated rings. The SMILES string of the molecule is NC(=O)CCC(NC(=O)C(N)CC(N)=O)C(=O)NC(CS)C(=O)NC(Cc1ccc(O)cc1)C(=O)O. The van der Waals surface area contributed by atoms with Crippen LogP contribution in [0.1, 0.15) is 24.8 Å². The molecule has 0 heterocycles. The Balaban J connectivity index is 2.91. The van der Waals surface area contributed by atoms with Gasteiger partial charge in [-0.25, -0.2) is 4.79 Å². The number of carbonyl (C=O) groups excluding carboxylic acids is 5. The maximum Gasteiger partial charge on any atom is 0.326 e. The van der Waals surface area contributed by atoms with Crippen molar-refractivity contribution in [3.8, 4) is 5.75 Å². The van der Waals surface area contributed by atoms with E-state index in [-0.39, 0.29) is 30.8 Å².